The van der Waals surface area contributed by atoms with Gasteiger partial charge in [0.15, 0.2) is 0 Å². The van der Waals surface area contributed by atoms with Gasteiger partial charge in [0.1, 0.15) is 5.82 Å². The zero-order valence-corrected chi connectivity index (χ0v) is 9.65. The van der Waals surface area contributed by atoms with Crippen molar-refractivity contribution in [2.45, 2.75) is 12.5 Å². The summed E-state index contributed by atoms with van der Waals surface area (Å²) in [6.45, 7) is 1.20. The first-order chi connectivity index (χ1) is 8.19. The Morgan fingerprint density at radius 1 is 1.53 bits per heavy atom. The van der Waals surface area contributed by atoms with Gasteiger partial charge in [-0.2, -0.15) is 0 Å². The molecular weight excluding hydrogens is 223 g/mol. The summed E-state index contributed by atoms with van der Waals surface area (Å²) in [4.78, 5) is 11.9. The number of amides is 1. The number of methoxy groups -OCH3 is 1. The number of carbonyl (C=O) groups excluding carboxylic acids is 1. The molecule has 5 heteroatoms. The van der Waals surface area contributed by atoms with Gasteiger partial charge in [0.05, 0.1) is 19.1 Å². The third-order valence-electron chi connectivity index (χ3n) is 2.80. The number of carbonyl (C=O) groups is 1. The summed E-state index contributed by atoms with van der Waals surface area (Å²) in [5, 5.41) is 1.55. The van der Waals surface area contributed by atoms with Gasteiger partial charge in [0, 0.05) is 13.7 Å². The van der Waals surface area contributed by atoms with E-state index in [9.17, 15) is 9.18 Å². The van der Waals surface area contributed by atoms with E-state index in [1.807, 2.05) is 0 Å². The number of halogens is 1. The molecule has 0 spiro atoms. The lowest BCUT2D eigenvalue weighted by Gasteiger charge is -2.15. The van der Waals surface area contributed by atoms with Gasteiger partial charge in [0.25, 0.3) is 0 Å². The molecule has 1 aromatic rings. The fourth-order valence-corrected chi connectivity index (χ4v) is 1.76. The molecule has 1 N–H and O–H groups in total. The van der Waals surface area contributed by atoms with Crippen molar-refractivity contribution in [2.75, 3.05) is 20.2 Å². The van der Waals surface area contributed by atoms with Crippen molar-refractivity contribution in [3.8, 4) is 0 Å². The Kier molecular flexibility index (Phi) is 3.71. The smallest absolute Gasteiger partial charge is 0.241 e. The van der Waals surface area contributed by atoms with E-state index in [-0.39, 0.29) is 24.2 Å². The quantitative estimate of drug-likeness (QED) is 0.844. The van der Waals surface area contributed by atoms with Gasteiger partial charge in [-0.3, -0.25) is 9.80 Å². The first kappa shape index (κ1) is 12.0. The van der Waals surface area contributed by atoms with Gasteiger partial charge in [-0.25, -0.2) is 9.82 Å². The summed E-state index contributed by atoms with van der Waals surface area (Å²) in [6.07, 6.45) is 0.316. The molecule has 0 saturated carbocycles. The third-order valence-corrected chi connectivity index (χ3v) is 2.80. The molecule has 0 radical (unpaired) electrons. The van der Waals surface area contributed by atoms with E-state index < -0.39 is 0 Å². The Morgan fingerprint density at radius 2 is 2.24 bits per heavy atom. The van der Waals surface area contributed by atoms with E-state index in [1.54, 1.807) is 24.3 Å². The first-order valence-electron chi connectivity index (χ1n) is 5.50. The monoisotopic (exact) mass is 238 g/mol. The van der Waals surface area contributed by atoms with Crippen LogP contribution in [0.4, 0.5) is 4.39 Å². The lowest BCUT2D eigenvalue weighted by molar-refractivity contribution is -0.132. The average Bonchev–Trinajstić information content (AvgIpc) is 2.81. The van der Waals surface area contributed by atoms with Crippen molar-refractivity contribution in [2.24, 2.45) is 0 Å². The SMILES string of the molecule is COC1CNN(C(=O)Cc2ccc(F)cc2)C1. The van der Waals surface area contributed by atoms with Crippen molar-refractivity contribution >= 4 is 5.91 Å². The van der Waals surface area contributed by atoms with Gasteiger partial charge < -0.3 is 4.74 Å². The zero-order valence-electron chi connectivity index (χ0n) is 9.65. The second-order valence-electron chi connectivity index (χ2n) is 4.03. The topological polar surface area (TPSA) is 41.6 Å². The van der Waals surface area contributed by atoms with E-state index in [0.717, 1.165) is 5.56 Å². The highest BCUT2D eigenvalue weighted by atomic mass is 19.1. The highest BCUT2D eigenvalue weighted by Gasteiger charge is 2.25. The van der Waals surface area contributed by atoms with Crippen molar-refractivity contribution in [3.05, 3.63) is 35.6 Å². The minimum absolute atomic E-state index is 0.0313. The van der Waals surface area contributed by atoms with Gasteiger partial charge in [-0.05, 0) is 17.7 Å². The number of ether oxygens (including phenoxy) is 1. The Hall–Kier alpha value is -1.46. The van der Waals surface area contributed by atoms with E-state index in [4.69, 9.17) is 4.74 Å². The van der Waals surface area contributed by atoms with Gasteiger partial charge in [0.2, 0.25) is 5.91 Å². The molecule has 0 aliphatic carbocycles. The molecule has 1 aromatic carbocycles. The van der Waals surface area contributed by atoms with Crippen LogP contribution in [-0.2, 0) is 16.0 Å². The molecule has 1 aliphatic heterocycles. The van der Waals surface area contributed by atoms with Crippen molar-refractivity contribution in [3.63, 3.8) is 0 Å². The molecule has 1 saturated heterocycles. The van der Waals surface area contributed by atoms with Crippen LogP contribution in [0.3, 0.4) is 0 Å². The van der Waals surface area contributed by atoms with Crippen LogP contribution in [0.5, 0.6) is 0 Å². The van der Waals surface area contributed by atoms with E-state index in [0.29, 0.717) is 13.1 Å². The Labute approximate surface area is 99.3 Å². The molecule has 1 heterocycles. The second kappa shape index (κ2) is 5.25. The van der Waals surface area contributed by atoms with Gasteiger partial charge in [-0.1, -0.05) is 12.1 Å². The number of benzene rings is 1. The minimum atomic E-state index is -0.292. The van der Waals surface area contributed by atoms with Crippen LogP contribution >= 0.6 is 0 Å². The summed E-state index contributed by atoms with van der Waals surface area (Å²) in [5.74, 6) is -0.323. The van der Waals surface area contributed by atoms with Crippen molar-refractivity contribution in [1.82, 2.24) is 10.4 Å². The summed E-state index contributed by atoms with van der Waals surface area (Å²) in [5.41, 5.74) is 3.78. The van der Waals surface area contributed by atoms with Crippen LogP contribution in [0.15, 0.2) is 24.3 Å². The third kappa shape index (κ3) is 3.01. The molecule has 1 atom stereocenters. The predicted molar refractivity (Wildman–Crippen MR) is 60.6 cm³/mol. The number of rotatable bonds is 3. The summed E-state index contributed by atoms with van der Waals surface area (Å²) in [6, 6.07) is 5.96. The predicted octanol–water partition coefficient (Wildman–Crippen LogP) is 0.730. The highest BCUT2D eigenvalue weighted by Crippen LogP contribution is 2.08. The maximum absolute atomic E-state index is 12.7. The number of hydrogen-bond acceptors (Lipinski definition) is 3. The molecule has 2 rings (SSSR count). The first-order valence-corrected chi connectivity index (χ1v) is 5.50. The van der Waals surface area contributed by atoms with E-state index in [2.05, 4.69) is 5.43 Å². The highest BCUT2D eigenvalue weighted by molar-refractivity contribution is 5.78. The Morgan fingerprint density at radius 3 is 2.82 bits per heavy atom. The molecule has 0 aromatic heterocycles. The number of hydrogen-bond donors (Lipinski definition) is 1. The molecule has 17 heavy (non-hydrogen) atoms. The molecule has 92 valence electrons. The maximum atomic E-state index is 12.7. The summed E-state index contributed by atoms with van der Waals surface area (Å²) < 4.78 is 17.8. The van der Waals surface area contributed by atoms with E-state index >= 15 is 0 Å². The lowest BCUT2D eigenvalue weighted by Crippen LogP contribution is -2.38. The number of nitrogens with one attached hydrogen (secondary N) is 1. The van der Waals surface area contributed by atoms with Gasteiger partial charge in [-0.15, -0.1) is 0 Å². The molecule has 1 fully saturated rings. The van der Waals surface area contributed by atoms with Crippen LogP contribution in [0.2, 0.25) is 0 Å². The van der Waals surface area contributed by atoms with Crippen LogP contribution in [0.1, 0.15) is 5.56 Å². The fourth-order valence-electron chi connectivity index (χ4n) is 1.76. The van der Waals surface area contributed by atoms with Crippen LogP contribution in [0.25, 0.3) is 0 Å². The standard InChI is InChI=1S/C12H15FN2O2/c1-17-11-7-14-15(8-11)12(16)6-9-2-4-10(13)5-3-9/h2-5,11,14H,6-8H2,1H3. The molecule has 1 aliphatic rings. The fraction of sp³-hybridized carbons (Fsp3) is 0.417. The zero-order chi connectivity index (χ0) is 12.3. The van der Waals surface area contributed by atoms with Crippen LogP contribution in [-0.4, -0.2) is 37.2 Å². The largest absolute Gasteiger partial charge is 0.378 e. The summed E-state index contributed by atoms with van der Waals surface area (Å²) >= 11 is 0. The molecule has 0 bridgehead atoms. The number of hydrazine groups is 1. The average molecular weight is 238 g/mol. The van der Waals surface area contributed by atoms with Crippen LogP contribution < -0.4 is 5.43 Å². The minimum Gasteiger partial charge on any atom is -0.378 e. The molecule has 1 unspecified atom stereocenters. The second-order valence-corrected chi connectivity index (χ2v) is 4.03. The lowest BCUT2D eigenvalue weighted by atomic mass is 10.1. The Bertz CT molecular complexity index is 394. The molecule has 1 amide bonds. The van der Waals surface area contributed by atoms with Crippen LogP contribution in [0, 0.1) is 5.82 Å². The van der Waals surface area contributed by atoms with Gasteiger partial charge >= 0.3 is 0 Å². The van der Waals surface area contributed by atoms with Crippen molar-refractivity contribution < 1.29 is 13.9 Å². The summed E-state index contributed by atoms with van der Waals surface area (Å²) in [7, 11) is 1.63. The Balaban J connectivity index is 1.91. The number of nitrogens with zero attached hydrogens (tertiary/aromatic N) is 1. The maximum Gasteiger partial charge on any atom is 0.241 e. The normalized spacial score (nSPS) is 19.6. The van der Waals surface area contributed by atoms with Crippen molar-refractivity contribution in [1.29, 1.82) is 0 Å². The molecular formula is C12H15FN2O2. The van der Waals surface area contributed by atoms with E-state index in [1.165, 1.54) is 12.1 Å². The molecule has 4 nitrogen and oxygen atoms in total.